The highest BCUT2D eigenvalue weighted by Gasteiger charge is 2.17. The Hall–Kier alpha value is -0.0800. The topological polar surface area (TPSA) is 48.9 Å². The predicted octanol–water partition coefficient (Wildman–Crippen LogP) is 2.56. The maximum Gasteiger partial charge on any atom is 0.191 e. The molecule has 134 valence electrons. The molecule has 22 heavy (non-hydrogen) atoms. The minimum Gasteiger partial charge on any atom is -0.377 e. The molecule has 0 aromatic heterocycles. The van der Waals surface area contributed by atoms with Gasteiger partial charge in [-0.2, -0.15) is 0 Å². The van der Waals surface area contributed by atoms with E-state index in [-0.39, 0.29) is 29.6 Å². The van der Waals surface area contributed by atoms with Crippen molar-refractivity contribution in [2.75, 3.05) is 40.8 Å². The van der Waals surface area contributed by atoms with Crippen molar-refractivity contribution in [3.05, 3.63) is 0 Å². The van der Waals surface area contributed by atoms with Crippen LogP contribution in [0.3, 0.4) is 0 Å². The lowest BCUT2D eigenvalue weighted by atomic mass is 10.0. The van der Waals surface area contributed by atoms with Crippen LogP contribution in [0.15, 0.2) is 4.99 Å². The van der Waals surface area contributed by atoms with E-state index in [9.17, 15) is 0 Å². The Bertz CT molecular complexity index is 307. The number of nitrogens with zero attached hydrogens (tertiary/aromatic N) is 2. The second-order valence-corrected chi connectivity index (χ2v) is 6.79. The van der Waals surface area contributed by atoms with Gasteiger partial charge in [0.1, 0.15) is 0 Å². The summed E-state index contributed by atoms with van der Waals surface area (Å²) in [5.74, 6) is 1.55. The fourth-order valence-electron chi connectivity index (χ4n) is 1.91. The molecule has 0 fully saturated rings. The van der Waals surface area contributed by atoms with E-state index in [0.717, 1.165) is 19.0 Å². The molecule has 0 spiro atoms. The van der Waals surface area contributed by atoms with Crippen molar-refractivity contribution in [1.82, 2.24) is 15.5 Å². The molecule has 0 aliphatic rings. The Morgan fingerprint density at radius 1 is 1.23 bits per heavy atom. The van der Waals surface area contributed by atoms with E-state index in [1.165, 1.54) is 6.42 Å². The summed E-state index contributed by atoms with van der Waals surface area (Å²) in [5, 5.41) is 6.74. The zero-order chi connectivity index (χ0) is 16.5. The Kier molecular flexibility index (Phi) is 13.6. The number of nitrogens with one attached hydrogen (secondary N) is 2. The van der Waals surface area contributed by atoms with Crippen LogP contribution in [-0.4, -0.2) is 63.3 Å². The van der Waals surface area contributed by atoms with Crippen molar-refractivity contribution >= 4 is 29.9 Å². The number of halogens is 1. The number of guanidine groups is 1. The number of hydrogen-bond acceptors (Lipinski definition) is 3. The van der Waals surface area contributed by atoms with Gasteiger partial charge in [0, 0.05) is 26.2 Å². The van der Waals surface area contributed by atoms with Gasteiger partial charge in [0.15, 0.2) is 5.96 Å². The van der Waals surface area contributed by atoms with Gasteiger partial charge in [0.25, 0.3) is 0 Å². The first-order chi connectivity index (χ1) is 9.71. The number of ether oxygens (including phenoxy) is 1. The van der Waals surface area contributed by atoms with E-state index in [0.29, 0.717) is 18.5 Å². The molecule has 0 radical (unpaired) electrons. The second-order valence-electron chi connectivity index (χ2n) is 6.79. The zero-order valence-corrected chi connectivity index (χ0v) is 18.0. The maximum atomic E-state index is 5.41. The second kappa shape index (κ2) is 12.4. The number of likely N-dealkylation sites (N-methyl/N-ethyl adjacent to an activating group) is 1. The average Bonchev–Trinajstić information content (AvgIpc) is 2.39. The number of hydrogen-bond donors (Lipinski definition) is 2. The Morgan fingerprint density at radius 2 is 1.82 bits per heavy atom. The molecule has 2 N–H and O–H groups in total. The lowest BCUT2D eigenvalue weighted by molar-refractivity contribution is 0.0310. The first-order valence-corrected chi connectivity index (χ1v) is 7.95. The standard InChI is InChI=1S/C16H36N4O.HI/c1-9-17-15(19-12-16(4,5)21-8)18-11-14(20(6)7)10-13(2)3;/h13-14H,9-12H2,1-8H3,(H2,17,18,19);1H. The van der Waals surface area contributed by atoms with Gasteiger partial charge in [-0.05, 0) is 47.2 Å². The third kappa shape index (κ3) is 11.5. The number of aliphatic imine (C=N–C) groups is 1. The summed E-state index contributed by atoms with van der Waals surface area (Å²) in [6.45, 7) is 13.1. The molecule has 6 heteroatoms. The van der Waals surface area contributed by atoms with E-state index in [1.807, 2.05) is 13.8 Å². The highest BCUT2D eigenvalue weighted by molar-refractivity contribution is 14.0. The van der Waals surface area contributed by atoms with Crippen LogP contribution in [0.25, 0.3) is 0 Å². The molecule has 0 saturated carbocycles. The SMILES string of the molecule is CCNC(=NCC(C)(C)OC)NCC(CC(C)C)N(C)C.I. The molecular weight excluding hydrogens is 391 g/mol. The smallest absolute Gasteiger partial charge is 0.191 e. The fraction of sp³-hybridized carbons (Fsp3) is 0.938. The largest absolute Gasteiger partial charge is 0.377 e. The van der Waals surface area contributed by atoms with Gasteiger partial charge in [0.2, 0.25) is 0 Å². The Labute approximate surface area is 154 Å². The summed E-state index contributed by atoms with van der Waals surface area (Å²) in [5.41, 5.74) is -0.235. The van der Waals surface area contributed by atoms with Gasteiger partial charge in [-0.1, -0.05) is 13.8 Å². The van der Waals surface area contributed by atoms with Crippen LogP contribution in [0, 0.1) is 5.92 Å². The monoisotopic (exact) mass is 428 g/mol. The van der Waals surface area contributed by atoms with Crippen molar-refractivity contribution < 1.29 is 4.74 Å². The van der Waals surface area contributed by atoms with Gasteiger partial charge in [0.05, 0.1) is 12.1 Å². The number of rotatable bonds is 9. The van der Waals surface area contributed by atoms with E-state index in [4.69, 9.17) is 4.74 Å². The molecule has 1 unspecified atom stereocenters. The molecule has 0 aromatic rings. The van der Waals surface area contributed by atoms with Gasteiger partial charge >= 0.3 is 0 Å². The molecule has 0 bridgehead atoms. The third-order valence-corrected chi connectivity index (χ3v) is 3.49. The van der Waals surface area contributed by atoms with E-state index >= 15 is 0 Å². The lowest BCUT2D eigenvalue weighted by Gasteiger charge is -2.27. The van der Waals surface area contributed by atoms with Crippen molar-refractivity contribution in [2.45, 2.75) is 52.7 Å². The molecule has 5 nitrogen and oxygen atoms in total. The normalized spacial score (nSPS) is 14.0. The molecule has 0 heterocycles. The van der Waals surface area contributed by atoms with Crippen molar-refractivity contribution in [3.63, 3.8) is 0 Å². The van der Waals surface area contributed by atoms with Crippen LogP contribution in [-0.2, 0) is 4.74 Å². The van der Waals surface area contributed by atoms with E-state index < -0.39 is 0 Å². The summed E-state index contributed by atoms with van der Waals surface area (Å²) in [7, 11) is 5.99. The molecule has 0 rings (SSSR count). The summed E-state index contributed by atoms with van der Waals surface area (Å²) in [6, 6.07) is 0.504. The highest BCUT2D eigenvalue weighted by atomic mass is 127. The van der Waals surface area contributed by atoms with Crippen molar-refractivity contribution in [1.29, 1.82) is 0 Å². The number of methoxy groups -OCH3 is 1. The van der Waals surface area contributed by atoms with Crippen LogP contribution in [0.2, 0.25) is 0 Å². The van der Waals surface area contributed by atoms with Crippen LogP contribution in [0.4, 0.5) is 0 Å². The summed E-state index contributed by atoms with van der Waals surface area (Å²) in [6.07, 6.45) is 1.17. The fourth-order valence-corrected chi connectivity index (χ4v) is 1.91. The summed E-state index contributed by atoms with van der Waals surface area (Å²) in [4.78, 5) is 6.89. The molecule has 0 aromatic carbocycles. The van der Waals surface area contributed by atoms with Gasteiger partial charge in [-0.3, -0.25) is 4.99 Å². The van der Waals surface area contributed by atoms with E-state index in [2.05, 4.69) is 55.4 Å². The zero-order valence-electron chi connectivity index (χ0n) is 15.7. The Balaban J connectivity index is 0. The maximum absolute atomic E-state index is 5.41. The predicted molar refractivity (Wildman–Crippen MR) is 107 cm³/mol. The van der Waals surface area contributed by atoms with Crippen LogP contribution < -0.4 is 10.6 Å². The quantitative estimate of drug-likeness (QED) is 0.337. The lowest BCUT2D eigenvalue weighted by Crippen LogP contribution is -2.46. The minimum atomic E-state index is -0.235. The molecule has 0 aliphatic heterocycles. The van der Waals surface area contributed by atoms with E-state index in [1.54, 1.807) is 7.11 Å². The molecule has 0 saturated heterocycles. The Morgan fingerprint density at radius 3 is 2.23 bits per heavy atom. The molecule has 0 amide bonds. The average molecular weight is 428 g/mol. The minimum absolute atomic E-state index is 0. The molecule has 1 atom stereocenters. The third-order valence-electron chi connectivity index (χ3n) is 3.49. The van der Waals surface area contributed by atoms with Crippen molar-refractivity contribution in [2.24, 2.45) is 10.9 Å². The van der Waals surface area contributed by atoms with Crippen molar-refractivity contribution in [3.8, 4) is 0 Å². The van der Waals surface area contributed by atoms with Gasteiger partial charge in [-0.25, -0.2) is 0 Å². The van der Waals surface area contributed by atoms with Gasteiger partial charge < -0.3 is 20.3 Å². The van der Waals surface area contributed by atoms with Crippen LogP contribution in [0.1, 0.15) is 41.0 Å². The first kappa shape index (κ1) is 24.2. The summed E-state index contributed by atoms with van der Waals surface area (Å²) < 4.78 is 5.41. The summed E-state index contributed by atoms with van der Waals surface area (Å²) >= 11 is 0. The highest BCUT2D eigenvalue weighted by Crippen LogP contribution is 2.09. The van der Waals surface area contributed by atoms with Crippen LogP contribution in [0.5, 0.6) is 0 Å². The first-order valence-electron chi connectivity index (χ1n) is 7.95. The molecule has 0 aliphatic carbocycles. The molecular formula is C16H37IN4O. The van der Waals surface area contributed by atoms with Gasteiger partial charge in [-0.15, -0.1) is 24.0 Å². The van der Waals surface area contributed by atoms with Crippen LogP contribution >= 0.6 is 24.0 Å².